The van der Waals surface area contributed by atoms with Crippen LogP contribution in [0.2, 0.25) is 0 Å². The molecule has 0 aromatic heterocycles. The summed E-state index contributed by atoms with van der Waals surface area (Å²) in [5, 5.41) is 3.31. The van der Waals surface area contributed by atoms with Gasteiger partial charge in [0.15, 0.2) is 0 Å². The van der Waals surface area contributed by atoms with Gasteiger partial charge < -0.3 is 9.47 Å². The minimum Gasteiger partial charge on any atom is -0.465 e. The SMILES string of the molecule is C#C[C@@H](NCc1ccc(C(=O)OC)cc1)[C@H]1CCCO1. The zero-order valence-electron chi connectivity index (χ0n) is 11.6. The number of ether oxygens (including phenoxy) is 2. The Morgan fingerprint density at radius 2 is 2.30 bits per heavy atom. The predicted molar refractivity (Wildman–Crippen MR) is 76.2 cm³/mol. The van der Waals surface area contributed by atoms with Gasteiger partial charge in [-0.15, -0.1) is 6.42 Å². The van der Waals surface area contributed by atoms with Crippen LogP contribution in [0, 0.1) is 12.3 Å². The predicted octanol–water partition coefficient (Wildman–Crippen LogP) is 1.74. The number of esters is 1. The average molecular weight is 273 g/mol. The molecule has 20 heavy (non-hydrogen) atoms. The molecule has 1 fully saturated rings. The molecule has 0 radical (unpaired) electrons. The largest absolute Gasteiger partial charge is 0.465 e. The molecule has 0 saturated carbocycles. The molecule has 0 amide bonds. The molecule has 2 atom stereocenters. The van der Waals surface area contributed by atoms with Crippen molar-refractivity contribution in [1.29, 1.82) is 0 Å². The number of rotatable bonds is 5. The van der Waals surface area contributed by atoms with E-state index < -0.39 is 0 Å². The van der Waals surface area contributed by atoms with E-state index in [4.69, 9.17) is 11.2 Å². The highest BCUT2D eigenvalue weighted by molar-refractivity contribution is 5.89. The summed E-state index contributed by atoms with van der Waals surface area (Å²) in [4.78, 5) is 11.3. The highest BCUT2D eigenvalue weighted by Crippen LogP contribution is 2.16. The summed E-state index contributed by atoms with van der Waals surface area (Å²) < 4.78 is 10.3. The smallest absolute Gasteiger partial charge is 0.337 e. The first kappa shape index (κ1) is 14.6. The van der Waals surface area contributed by atoms with Crippen molar-refractivity contribution in [1.82, 2.24) is 5.32 Å². The molecule has 106 valence electrons. The molecule has 2 rings (SSSR count). The van der Waals surface area contributed by atoms with Crippen molar-refractivity contribution >= 4 is 5.97 Å². The molecule has 1 heterocycles. The highest BCUT2D eigenvalue weighted by atomic mass is 16.5. The van der Waals surface area contributed by atoms with Crippen LogP contribution in [-0.2, 0) is 16.0 Å². The quantitative estimate of drug-likeness (QED) is 0.656. The summed E-state index contributed by atoms with van der Waals surface area (Å²) in [6, 6.07) is 7.21. The Bertz CT molecular complexity index is 483. The van der Waals surface area contributed by atoms with Crippen LogP contribution in [-0.4, -0.2) is 31.8 Å². The van der Waals surface area contributed by atoms with Crippen LogP contribution in [0.15, 0.2) is 24.3 Å². The molecule has 1 aromatic rings. The summed E-state index contributed by atoms with van der Waals surface area (Å²) in [5.41, 5.74) is 1.61. The number of carbonyl (C=O) groups excluding carboxylic acids is 1. The second-order valence-corrected chi connectivity index (χ2v) is 4.77. The lowest BCUT2D eigenvalue weighted by molar-refractivity contribution is 0.0600. The zero-order valence-corrected chi connectivity index (χ0v) is 11.6. The minimum absolute atomic E-state index is 0.0715. The Labute approximate surface area is 119 Å². The monoisotopic (exact) mass is 273 g/mol. The molecule has 1 aliphatic rings. The second kappa shape index (κ2) is 7.09. The number of carbonyl (C=O) groups is 1. The Morgan fingerprint density at radius 1 is 1.55 bits per heavy atom. The number of nitrogens with one attached hydrogen (secondary N) is 1. The van der Waals surface area contributed by atoms with Gasteiger partial charge in [-0.05, 0) is 30.5 Å². The molecular formula is C16H19NO3. The first-order valence-electron chi connectivity index (χ1n) is 6.73. The number of benzene rings is 1. The van der Waals surface area contributed by atoms with E-state index in [2.05, 4.69) is 16.0 Å². The van der Waals surface area contributed by atoms with Crippen molar-refractivity contribution in [3.8, 4) is 12.3 Å². The Balaban J connectivity index is 1.90. The van der Waals surface area contributed by atoms with Crippen molar-refractivity contribution in [3.05, 3.63) is 35.4 Å². The van der Waals surface area contributed by atoms with Crippen molar-refractivity contribution in [2.45, 2.75) is 31.5 Å². The summed E-state index contributed by atoms with van der Waals surface area (Å²) in [5.74, 6) is 2.41. The fourth-order valence-electron chi connectivity index (χ4n) is 2.27. The van der Waals surface area contributed by atoms with Gasteiger partial charge in [0.25, 0.3) is 0 Å². The molecule has 0 bridgehead atoms. The van der Waals surface area contributed by atoms with Crippen LogP contribution < -0.4 is 5.32 Å². The topological polar surface area (TPSA) is 47.6 Å². The average Bonchev–Trinajstić information content (AvgIpc) is 3.02. The summed E-state index contributed by atoms with van der Waals surface area (Å²) in [6.07, 6.45) is 7.72. The third-order valence-electron chi connectivity index (χ3n) is 3.42. The summed E-state index contributed by atoms with van der Waals surface area (Å²) in [7, 11) is 1.37. The van der Waals surface area contributed by atoms with Gasteiger partial charge >= 0.3 is 5.97 Å². The van der Waals surface area contributed by atoms with Gasteiger partial charge in [-0.3, -0.25) is 5.32 Å². The minimum atomic E-state index is -0.328. The van der Waals surface area contributed by atoms with E-state index in [1.807, 2.05) is 12.1 Å². The lowest BCUT2D eigenvalue weighted by atomic mass is 10.1. The van der Waals surface area contributed by atoms with E-state index in [1.54, 1.807) is 12.1 Å². The fraction of sp³-hybridized carbons (Fsp3) is 0.438. The van der Waals surface area contributed by atoms with E-state index in [0.29, 0.717) is 12.1 Å². The van der Waals surface area contributed by atoms with Crippen LogP contribution in [0.3, 0.4) is 0 Å². The molecule has 1 aromatic carbocycles. The first-order valence-corrected chi connectivity index (χ1v) is 6.73. The number of terminal acetylenes is 1. The van der Waals surface area contributed by atoms with Gasteiger partial charge in [-0.25, -0.2) is 4.79 Å². The number of hydrogen-bond donors (Lipinski definition) is 1. The van der Waals surface area contributed by atoms with Gasteiger partial charge in [0.1, 0.15) is 0 Å². The molecule has 1 N–H and O–H groups in total. The maximum Gasteiger partial charge on any atom is 0.337 e. The van der Waals surface area contributed by atoms with Crippen LogP contribution in [0.1, 0.15) is 28.8 Å². The third-order valence-corrected chi connectivity index (χ3v) is 3.42. The first-order chi connectivity index (χ1) is 9.74. The van der Waals surface area contributed by atoms with Crippen molar-refractivity contribution < 1.29 is 14.3 Å². The van der Waals surface area contributed by atoms with Gasteiger partial charge in [-0.2, -0.15) is 0 Å². The van der Waals surface area contributed by atoms with Gasteiger partial charge in [0, 0.05) is 13.2 Å². The maximum atomic E-state index is 11.3. The van der Waals surface area contributed by atoms with Crippen molar-refractivity contribution in [3.63, 3.8) is 0 Å². The van der Waals surface area contributed by atoms with E-state index in [1.165, 1.54) is 7.11 Å². The van der Waals surface area contributed by atoms with Crippen LogP contribution in [0.25, 0.3) is 0 Å². The molecular weight excluding hydrogens is 254 g/mol. The lowest BCUT2D eigenvalue weighted by Gasteiger charge is -2.19. The Morgan fingerprint density at radius 3 is 2.85 bits per heavy atom. The standard InChI is InChI=1S/C16H19NO3/c1-3-14(15-5-4-10-20-15)17-11-12-6-8-13(9-7-12)16(18)19-2/h1,6-9,14-15,17H,4-5,10-11H2,2H3/t14-,15-/m1/s1. The normalized spacial score (nSPS) is 19.3. The fourth-order valence-corrected chi connectivity index (χ4v) is 2.27. The highest BCUT2D eigenvalue weighted by Gasteiger charge is 2.23. The molecule has 0 aliphatic carbocycles. The number of methoxy groups -OCH3 is 1. The molecule has 0 spiro atoms. The van der Waals surface area contributed by atoms with Crippen LogP contribution in [0.4, 0.5) is 0 Å². The zero-order chi connectivity index (χ0) is 14.4. The second-order valence-electron chi connectivity index (χ2n) is 4.77. The molecule has 4 heteroatoms. The van der Waals surface area contributed by atoms with Gasteiger partial charge in [0.05, 0.1) is 24.8 Å². The maximum absolute atomic E-state index is 11.3. The summed E-state index contributed by atoms with van der Waals surface area (Å²) in [6.45, 7) is 1.44. The van der Waals surface area contributed by atoms with E-state index in [9.17, 15) is 4.79 Å². The summed E-state index contributed by atoms with van der Waals surface area (Å²) >= 11 is 0. The van der Waals surface area contributed by atoms with Gasteiger partial charge in [0.2, 0.25) is 0 Å². The third kappa shape index (κ3) is 3.60. The van der Waals surface area contributed by atoms with E-state index in [0.717, 1.165) is 25.0 Å². The Kier molecular flexibility index (Phi) is 5.16. The van der Waals surface area contributed by atoms with E-state index in [-0.39, 0.29) is 18.1 Å². The van der Waals surface area contributed by atoms with Crippen LogP contribution in [0.5, 0.6) is 0 Å². The van der Waals surface area contributed by atoms with Crippen LogP contribution >= 0.6 is 0 Å². The molecule has 1 aliphatic heterocycles. The molecule has 0 unspecified atom stereocenters. The molecule has 1 saturated heterocycles. The molecule has 4 nitrogen and oxygen atoms in total. The van der Waals surface area contributed by atoms with Crippen molar-refractivity contribution in [2.24, 2.45) is 0 Å². The van der Waals surface area contributed by atoms with E-state index >= 15 is 0 Å². The number of hydrogen-bond acceptors (Lipinski definition) is 4. The van der Waals surface area contributed by atoms with Crippen molar-refractivity contribution in [2.75, 3.05) is 13.7 Å². The Hall–Kier alpha value is -1.83. The van der Waals surface area contributed by atoms with Gasteiger partial charge in [-0.1, -0.05) is 18.1 Å². The lowest BCUT2D eigenvalue weighted by Crippen LogP contribution is -2.37.